The van der Waals surface area contributed by atoms with Gasteiger partial charge in [-0.15, -0.1) is 0 Å². The molecule has 0 aromatic carbocycles. The van der Waals surface area contributed by atoms with Gasteiger partial charge in [0.05, 0.1) is 6.26 Å². The second-order valence-electron chi connectivity index (χ2n) is 1.93. The van der Waals surface area contributed by atoms with Gasteiger partial charge in [-0.1, -0.05) is 6.07 Å². The highest BCUT2D eigenvalue weighted by Crippen LogP contribution is 2.01. The molecule has 1 N–H and O–H groups in total. The zero-order chi connectivity index (χ0) is 8.32. The standard InChI is InChI=1S/C6H7N2O2S/c1-11(9,10)8-6-4-2-3-5-7-6/h2-5H,1H2,(H,7,8). The van der Waals surface area contributed by atoms with Crippen LogP contribution in [0, 0.1) is 6.26 Å². The van der Waals surface area contributed by atoms with Crippen LogP contribution in [0.3, 0.4) is 0 Å². The number of sulfonamides is 1. The molecular weight excluding hydrogens is 164 g/mol. The molecule has 0 bridgehead atoms. The van der Waals surface area contributed by atoms with Crippen molar-refractivity contribution in [2.75, 3.05) is 4.72 Å². The Bertz CT molecular complexity index is 320. The maximum atomic E-state index is 10.5. The second kappa shape index (κ2) is 2.87. The minimum absolute atomic E-state index is 0.280. The van der Waals surface area contributed by atoms with Gasteiger partial charge in [0.1, 0.15) is 5.82 Å². The van der Waals surface area contributed by atoms with Crippen molar-refractivity contribution in [2.45, 2.75) is 0 Å². The summed E-state index contributed by atoms with van der Waals surface area (Å²) in [6.45, 7) is 0. The molecule has 0 saturated heterocycles. The summed E-state index contributed by atoms with van der Waals surface area (Å²) in [4.78, 5) is 3.73. The normalized spacial score (nSPS) is 11.0. The van der Waals surface area contributed by atoms with E-state index >= 15 is 0 Å². The van der Waals surface area contributed by atoms with Crippen molar-refractivity contribution in [3.8, 4) is 0 Å². The van der Waals surface area contributed by atoms with E-state index in [1.54, 1.807) is 18.2 Å². The van der Waals surface area contributed by atoms with Gasteiger partial charge < -0.3 is 0 Å². The summed E-state index contributed by atoms with van der Waals surface area (Å²) in [7, 11) is -3.44. The van der Waals surface area contributed by atoms with Gasteiger partial charge in [0.15, 0.2) is 0 Å². The van der Waals surface area contributed by atoms with Crippen molar-refractivity contribution in [3.05, 3.63) is 30.7 Å². The summed E-state index contributed by atoms with van der Waals surface area (Å²) in [5.41, 5.74) is 0. The number of hydrogen-bond donors (Lipinski definition) is 1. The van der Waals surface area contributed by atoms with Gasteiger partial charge in [0.2, 0.25) is 10.0 Å². The maximum Gasteiger partial charge on any atom is 0.234 e. The second-order valence-corrected chi connectivity index (χ2v) is 3.37. The SMILES string of the molecule is [CH2]S(=O)(=O)Nc1ccccn1. The molecule has 1 heterocycles. The zero-order valence-corrected chi connectivity index (χ0v) is 6.50. The molecule has 5 heteroatoms. The smallest absolute Gasteiger partial charge is 0.234 e. The highest BCUT2D eigenvalue weighted by atomic mass is 32.2. The Balaban J connectivity index is 2.82. The fourth-order valence-electron chi connectivity index (χ4n) is 0.582. The van der Waals surface area contributed by atoms with E-state index in [1.165, 1.54) is 6.20 Å². The van der Waals surface area contributed by atoms with Crippen LogP contribution in [0.4, 0.5) is 5.82 Å². The molecule has 0 unspecified atom stereocenters. The lowest BCUT2D eigenvalue weighted by Crippen LogP contribution is -2.08. The molecule has 0 spiro atoms. The van der Waals surface area contributed by atoms with Gasteiger partial charge >= 0.3 is 0 Å². The minimum Gasteiger partial charge on any atom is -0.267 e. The Morgan fingerprint density at radius 3 is 2.64 bits per heavy atom. The lowest BCUT2D eigenvalue weighted by Gasteiger charge is -1.99. The fourth-order valence-corrected chi connectivity index (χ4v) is 1.02. The van der Waals surface area contributed by atoms with Crippen molar-refractivity contribution >= 4 is 15.8 Å². The molecule has 0 aliphatic carbocycles. The molecule has 0 atom stereocenters. The van der Waals surface area contributed by atoms with E-state index in [9.17, 15) is 8.42 Å². The van der Waals surface area contributed by atoms with E-state index in [2.05, 4.69) is 16.0 Å². The molecule has 0 fully saturated rings. The van der Waals surface area contributed by atoms with Crippen molar-refractivity contribution in [1.29, 1.82) is 0 Å². The molecule has 0 aliphatic heterocycles. The minimum atomic E-state index is -3.44. The van der Waals surface area contributed by atoms with E-state index in [1.807, 2.05) is 0 Å². The van der Waals surface area contributed by atoms with E-state index in [0.717, 1.165) is 0 Å². The van der Waals surface area contributed by atoms with Crippen LogP contribution in [0.2, 0.25) is 0 Å². The number of anilines is 1. The molecular formula is C6H7N2O2S. The first-order valence-corrected chi connectivity index (χ1v) is 4.50. The summed E-state index contributed by atoms with van der Waals surface area (Å²) < 4.78 is 23.2. The van der Waals surface area contributed by atoms with E-state index in [4.69, 9.17) is 0 Å². The summed E-state index contributed by atoms with van der Waals surface area (Å²) in [5.74, 6) is 0.280. The number of nitrogens with zero attached hydrogens (tertiary/aromatic N) is 1. The third-order valence-electron chi connectivity index (χ3n) is 0.925. The number of nitrogens with one attached hydrogen (secondary N) is 1. The quantitative estimate of drug-likeness (QED) is 0.709. The molecule has 59 valence electrons. The van der Waals surface area contributed by atoms with Crippen LogP contribution < -0.4 is 4.72 Å². The molecule has 0 amide bonds. The third kappa shape index (κ3) is 2.99. The Labute approximate surface area is 65.3 Å². The average molecular weight is 171 g/mol. The first kappa shape index (κ1) is 8.00. The van der Waals surface area contributed by atoms with Gasteiger partial charge in [-0.3, -0.25) is 4.72 Å². The topological polar surface area (TPSA) is 59.1 Å². The monoisotopic (exact) mass is 171 g/mol. The summed E-state index contributed by atoms with van der Waals surface area (Å²) in [5, 5.41) is 0. The summed E-state index contributed by atoms with van der Waals surface area (Å²) in [6, 6.07) is 4.92. The van der Waals surface area contributed by atoms with E-state index < -0.39 is 10.0 Å². The molecule has 0 saturated carbocycles. The van der Waals surface area contributed by atoms with Crippen LogP contribution in [0.25, 0.3) is 0 Å². The number of rotatable bonds is 2. The predicted octanol–water partition coefficient (Wildman–Crippen LogP) is 0.615. The van der Waals surface area contributed by atoms with Crippen LogP contribution in [0.5, 0.6) is 0 Å². The van der Waals surface area contributed by atoms with Gasteiger partial charge in [0.25, 0.3) is 0 Å². The third-order valence-corrected chi connectivity index (χ3v) is 1.45. The fraction of sp³-hybridized carbons (Fsp3) is 0. The van der Waals surface area contributed by atoms with Crippen molar-refractivity contribution < 1.29 is 8.42 Å². The molecule has 4 nitrogen and oxygen atoms in total. The maximum absolute atomic E-state index is 10.5. The molecule has 11 heavy (non-hydrogen) atoms. The largest absolute Gasteiger partial charge is 0.267 e. The van der Waals surface area contributed by atoms with E-state index in [0.29, 0.717) is 0 Å². The summed E-state index contributed by atoms with van der Waals surface area (Å²) in [6.07, 6.45) is 4.38. The van der Waals surface area contributed by atoms with Crippen molar-refractivity contribution in [1.82, 2.24) is 4.98 Å². The van der Waals surface area contributed by atoms with E-state index in [-0.39, 0.29) is 5.82 Å². The number of hydrogen-bond acceptors (Lipinski definition) is 3. The zero-order valence-electron chi connectivity index (χ0n) is 5.69. The Hall–Kier alpha value is -1.10. The Kier molecular flexibility index (Phi) is 2.09. The van der Waals surface area contributed by atoms with Crippen LogP contribution in [-0.4, -0.2) is 13.4 Å². The molecule has 1 radical (unpaired) electrons. The summed E-state index contributed by atoms with van der Waals surface area (Å²) >= 11 is 0. The lowest BCUT2D eigenvalue weighted by atomic mass is 10.5. The van der Waals surface area contributed by atoms with Crippen LogP contribution >= 0.6 is 0 Å². The first-order valence-electron chi connectivity index (χ1n) is 2.85. The lowest BCUT2D eigenvalue weighted by molar-refractivity contribution is 0.609. The van der Waals surface area contributed by atoms with Crippen LogP contribution in [-0.2, 0) is 10.0 Å². The van der Waals surface area contributed by atoms with Crippen LogP contribution in [0.15, 0.2) is 24.4 Å². The predicted molar refractivity (Wildman–Crippen MR) is 42.1 cm³/mol. The Morgan fingerprint density at radius 2 is 2.18 bits per heavy atom. The van der Waals surface area contributed by atoms with Gasteiger partial charge in [-0.05, 0) is 12.1 Å². The molecule has 1 aromatic rings. The highest BCUT2D eigenvalue weighted by molar-refractivity contribution is 7.93. The number of pyridine rings is 1. The van der Waals surface area contributed by atoms with Gasteiger partial charge in [0, 0.05) is 6.20 Å². The van der Waals surface area contributed by atoms with Gasteiger partial charge in [-0.2, -0.15) is 0 Å². The average Bonchev–Trinajstić information content (AvgIpc) is 1.85. The molecule has 1 rings (SSSR count). The first-order chi connectivity index (χ1) is 5.08. The molecule has 0 aliphatic rings. The van der Waals surface area contributed by atoms with Gasteiger partial charge in [-0.25, -0.2) is 13.4 Å². The number of aromatic nitrogens is 1. The molecule has 1 aromatic heterocycles. The Morgan fingerprint density at radius 1 is 1.45 bits per heavy atom. The van der Waals surface area contributed by atoms with Crippen molar-refractivity contribution in [2.24, 2.45) is 0 Å². The van der Waals surface area contributed by atoms with Crippen molar-refractivity contribution in [3.63, 3.8) is 0 Å². The highest BCUT2D eigenvalue weighted by Gasteiger charge is 2.00. The van der Waals surface area contributed by atoms with Crippen LogP contribution in [0.1, 0.15) is 0 Å².